The van der Waals surface area contributed by atoms with Gasteiger partial charge in [-0.15, -0.1) is 0 Å². The van der Waals surface area contributed by atoms with Crippen molar-refractivity contribution in [2.24, 2.45) is 16.7 Å². The van der Waals surface area contributed by atoms with Gasteiger partial charge in [0, 0.05) is 30.3 Å². The number of hydrogen-bond donors (Lipinski definition) is 0. The lowest BCUT2D eigenvalue weighted by molar-refractivity contribution is -0.125. The first-order chi connectivity index (χ1) is 7.97. The second-order valence-corrected chi connectivity index (χ2v) is 6.80. The van der Waals surface area contributed by atoms with Gasteiger partial charge in [0.15, 0.2) is 5.78 Å². The highest BCUT2D eigenvalue weighted by molar-refractivity contribution is 6.04. The topological polar surface area (TPSA) is 20.3 Å². The maximum absolute atomic E-state index is 12.6. The maximum atomic E-state index is 12.6. The van der Waals surface area contributed by atoms with E-state index in [4.69, 9.17) is 0 Å². The highest BCUT2D eigenvalue weighted by Crippen LogP contribution is 2.65. The van der Waals surface area contributed by atoms with Gasteiger partial charge in [0.1, 0.15) is 0 Å². The number of Topliss-reactive ketones (excluding diaryl/α,β-unsaturated/α-hetero) is 1. The third-order valence-electron chi connectivity index (χ3n) is 5.83. The summed E-state index contributed by atoms with van der Waals surface area (Å²) in [6, 6.07) is 0. The first-order valence-corrected chi connectivity index (χ1v) is 6.97. The second kappa shape index (κ2) is 3.37. The average molecular weight is 233 g/mol. The molecule has 3 rings (SSSR count). The number of rotatable bonds is 1. The number of carbonyl (C=O) groups is 1. The Morgan fingerprint density at radius 1 is 1.24 bits per heavy atom. The van der Waals surface area contributed by atoms with Crippen LogP contribution in [0.5, 0.6) is 0 Å². The summed E-state index contributed by atoms with van der Waals surface area (Å²) in [5.74, 6) is 0.936. The number of likely N-dealkylation sites (tertiary alicyclic amines) is 1. The monoisotopic (exact) mass is 233 g/mol. The molecule has 17 heavy (non-hydrogen) atoms. The Kier molecular flexibility index (Phi) is 2.24. The van der Waals surface area contributed by atoms with Crippen LogP contribution in [0, 0.1) is 16.7 Å². The molecule has 2 aliphatic carbocycles. The molecule has 0 amide bonds. The maximum Gasteiger partial charge on any atom is 0.167 e. The molecule has 2 bridgehead atoms. The Labute approximate surface area is 104 Å². The molecule has 0 aromatic rings. The van der Waals surface area contributed by atoms with E-state index in [1.54, 1.807) is 0 Å². The molecule has 0 aromatic carbocycles. The molecule has 3 aliphatic rings. The number of nitrogens with zero attached hydrogens (tertiary/aromatic N) is 1. The zero-order valence-corrected chi connectivity index (χ0v) is 11.3. The Morgan fingerprint density at radius 3 is 2.41 bits per heavy atom. The lowest BCUT2D eigenvalue weighted by atomic mass is 9.70. The van der Waals surface area contributed by atoms with Crippen LogP contribution in [0.15, 0.2) is 11.8 Å². The van der Waals surface area contributed by atoms with Crippen molar-refractivity contribution < 1.29 is 4.79 Å². The Bertz CT molecular complexity index is 390. The first-order valence-electron chi connectivity index (χ1n) is 6.97. The van der Waals surface area contributed by atoms with E-state index in [0.29, 0.717) is 11.7 Å². The smallest absolute Gasteiger partial charge is 0.167 e. The van der Waals surface area contributed by atoms with Gasteiger partial charge in [0.05, 0.1) is 0 Å². The van der Waals surface area contributed by atoms with Crippen molar-refractivity contribution in [3.05, 3.63) is 11.8 Å². The van der Waals surface area contributed by atoms with Gasteiger partial charge in [0.25, 0.3) is 0 Å². The molecule has 1 saturated heterocycles. The van der Waals surface area contributed by atoms with Gasteiger partial charge in [-0.1, -0.05) is 20.8 Å². The van der Waals surface area contributed by atoms with E-state index in [2.05, 4.69) is 31.9 Å². The molecule has 0 unspecified atom stereocenters. The molecule has 2 heteroatoms. The predicted molar refractivity (Wildman–Crippen MR) is 68.5 cm³/mol. The quantitative estimate of drug-likeness (QED) is 0.649. The van der Waals surface area contributed by atoms with Crippen LogP contribution in [0.25, 0.3) is 0 Å². The highest BCUT2D eigenvalue weighted by atomic mass is 16.1. The number of hydrogen-bond acceptors (Lipinski definition) is 2. The first kappa shape index (κ1) is 11.3. The van der Waals surface area contributed by atoms with E-state index in [1.165, 1.54) is 19.3 Å². The van der Waals surface area contributed by atoms with E-state index < -0.39 is 0 Å². The van der Waals surface area contributed by atoms with Crippen molar-refractivity contribution in [1.29, 1.82) is 0 Å². The Balaban J connectivity index is 1.96. The van der Waals surface area contributed by atoms with Gasteiger partial charge in [-0.25, -0.2) is 0 Å². The molecule has 2 saturated carbocycles. The summed E-state index contributed by atoms with van der Waals surface area (Å²) in [4.78, 5) is 15.0. The fourth-order valence-corrected chi connectivity index (χ4v) is 4.14. The van der Waals surface area contributed by atoms with Crippen molar-refractivity contribution >= 4 is 5.78 Å². The highest BCUT2D eigenvalue weighted by Gasteiger charge is 2.64. The molecule has 0 radical (unpaired) electrons. The molecule has 2 nitrogen and oxygen atoms in total. The molecule has 0 spiro atoms. The summed E-state index contributed by atoms with van der Waals surface area (Å²) in [6.07, 6.45) is 7.05. The second-order valence-electron chi connectivity index (χ2n) is 6.80. The molecule has 0 N–H and O–H groups in total. The van der Waals surface area contributed by atoms with Gasteiger partial charge < -0.3 is 4.90 Å². The molecule has 3 fully saturated rings. The van der Waals surface area contributed by atoms with E-state index in [1.807, 2.05) is 0 Å². The van der Waals surface area contributed by atoms with Crippen LogP contribution in [0.2, 0.25) is 0 Å². The van der Waals surface area contributed by atoms with Crippen molar-refractivity contribution in [2.75, 3.05) is 13.1 Å². The van der Waals surface area contributed by atoms with Crippen LogP contribution in [-0.2, 0) is 4.79 Å². The van der Waals surface area contributed by atoms with Gasteiger partial charge in [0.2, 0.25) is 0 Å². The Hall–Kier alpha value is -0.790. The predicted octanol–water partition coefficient (Wildman–Crippen LogP) is 2.99. The minimum atomic E-state index is -0.0940. The normalized spacial score (nSPS) is 41.8. The number of ketones is 1. The lowest BCUT2D eigenvalue weighted by Gasteiger charge is -2.31. The summed E-state index contributed by atoms with van der Waals surface area (Å²) in [5.41, 5.74) is 1.20. The fourth-order valence-electron chi connectivity index (χ4n) is 4.14. The number of allylic oxidation sites excluding steroid dienone is 1. The molecular formula is C15H23NO. The van der Waals surface area contributed by atoms with Crippen molar-refractivity contribution in [3.63, 3.8) is 0 Å². The SMILES string of the molecule is CC1(C)[C@@H]2CC[C@@]1(C)C(=O)/C2=C\N1CCCC1. The lowest BCUT2D eigenvalue weighted by Crippen LogP contribution is -2.32. The zero-order chi connectivity index (χ0) is 12.3. The molecule has 1 aliphatic heterocycles. The summed E-state index contributed by atoms with van der Waals surface area (Å²) in [7, 11) is 0. The van der Waals surface area contributed by atoms with Crippen LogP contribution in [-0.4, -0.2) is 23.8 Å². The fraction of sp³-hybridized carbons (Fsp3) is 0.800. The standard InChI is InChI=1S/C15H23NO/c1-14(2)12-6-7-15(14,3)13(17)11(12)10-16-8-4-5-9-16/h10,12H,4-9H2,1-3H3/b11-10-/t12-,15+/m1/s1. The molecule has 2 atom stereocenters. The van der Waals surface area contributed by atoms with Gasteiger partial charge in [-0.3, -0.25) is 4.79 Å². The third kappa shape index (κ3) is 1.30. The van der Waals surface area contributed by atoms with Crippen molar-refractivity contribution in [1.82, 2.24) is 4.90 Å². The van der Waals surface area contributed by atoms with Crippen LogP contribution >= 0.6 is 0 Å². The molecule has 1 heterocycles. The summed E-state index contributed by atoms with van der Waals surface area (Å²) >= 11 is 0. The zero-order valence-electron chi connectivity index (χ0n) is 11.3. The van der Waals surface area contributed by atoms with Crippen LogP contribution in [0.1, 0.15) is 46.5 Å². The van der Waals surface area contributed by atoms with E-state index in [0.717, 1.165) is 25.1 Å². The minimum absolute atomic E-state index is 0.0940. The van der Waals surface area contributed by atoms with Crippen LogP contribution in [0.3, 0.4) is 0 Å². The van der Waals surface area contributed by atoms with Crippen molar-refractivity contribution in [3.8, 4) is 0 Å². The average Bonchev–Trinajstić information content (AvgIpc) is 2.87. The van der Waals surface area contributed by atoms with Gasteiger partial charge >= 0.3 is 0 Å². The van der Waals surface area contributed by atoms with E-state index in [9.17, 15) is 4.79 Å². The summed E-state index contributed by atoms with van der Waals surface area (Å²) < 4.78 is 0. The van der Waals surface area contributed by atoms with Gasteiger partial charge in [-0.2, -0.15) is 0 Å². The van der Waals surface area contributed by atoms with Gasteiger partial charge in [-0.05, 0) is 37.0 Å². The minimum Gasteiger partial charge on any atom is -0.377 e. The molecular weight excluding hydrogens is 210 g/mol. The Morgan fingerprint density at radius 2 is 1.88 bits per heavy atom. The summed E-state index contributed by atoms with van der Waals surface area (Å²) in [5, 5.41) is 0. The molecule has 0 aromatic heterocycles. The van der Waals surface area contributed by atoms with Crippen LogP contribution in [0.4, 0.5) is 0 Å². The van der Waals surface area contributed by atoms with Crippen molar-refractivity contribution in [2.45, 2.75) is 46.5 Å². The number of fused-ring (bicyclic) bond motifs is 2. The largest absolute Gasteiger partial charge is 0.377 e. The van der Waals surface area contributed by atoms with E-state index in [-0.39, 0.29) is 10.8 Å². The van der Waals surface area contributed by atoms with E-state index >= 15 is 0 Å². The third-order valence-corrected chi connectivity index (χ3v) is 5.83. The van der Waals surface area contributed by atoms with Crippen LogP contribution < -0.4 is 0 Å². The summed E-state index contributed by atoms with van der Waals surface area (Å²) in [6.45, 7) is 9.03. The molecule has 94 valence electrons. The number of carbonyl (C=O) groups excluding carboxylic acids is 1.